The molecule has 1 N–H and O–H groups in total. The standard InChI is InChI=1S/C31H35F2N7O3S2/c1-17-18(2)35-21(15-34-17)13-20-14-23(26-28(36-20)40(29(38-26)27(32)33)25-8-6-7-11-43-25)37-22-10-9-19(12-24(22)45(5,41)42)30-39-31(3,4)16-44-30/h9-10,12,14-15,25,27H,6-8,11,13,16H2,1-5H3,(H,36,37). The highest BCUT2D eigenvalue weighted by atomic mass is 32.2. The number of aliphatic imine (C=N–C) groups is 1. The second-order valence-electron chi connectivity index (χ2n) is 12.1. The van der Waals surface area contributed by atoms with E-state index in [0.717, 1.165) is 41.3 Å². The van der Waals surface area contributed by atoms with E-state index in [1.807, 2.05) is 33.8 Å². The third-order valence-corrected chi connectivity index (χ3v) is 10.4. The minimum Gasteiger partial charge on any atom is -0.358 e. The minimum absolute atomic E-state index is 0.0590. The summed E-state index contributed by atoms with van der Waals surface area (Å²) in [4.78, 5) is 23.0. The number of ether oxygens (including phenoxy) is 1. The number of anilines is 2. The van der Waals surface area contributed by atoms with Crippen LogP contribution in [0.2, 0.25) is 0 Å². The molecule has 3 aromatic heterocycles. The van der Waals surface area contributed by atoms with E-state index < -0.39 is 28.3 Å². The summed E-state index contributed by atoms with van der Waals surface area (Å²) in [7, 11) is -3.71. The smallest absolute Gasteiger partial charge is 0.295 e. The largest absolute Gasteiger partial charge is 0.358 e. The summed E-state index contributed by atoms with van der Waals surface area (Å²) in [5.41, 5.74) is 4.26. The van der Waals surface area contributed by atoms with Gasteiger partial charge in [-0.2, -0.15) is 0 Å². The average Bonchev–Trinajstić information content (AvgIpc) is 3.55. The Labute approximate surface area is 265 Å². The van der Waals surface area contributed by atoms with Gasteiger partial charge in [-0.25, -0.2) is 27.2 Å². The number of alkyl halides is 2. The van der Waals surface area contributed by atoms with Crippen LogP contribution >= 0.6 is 11.8 Å². The Bertz CT molecular complexity index is 1920. The van der Waals surface area contributed by atoms with Crippen LogP contribution in [0.15, 0.2) is 40.4 Å². The van der Waals surface area contributed by atoms with Gasteiger partial charge in [0, 0.05) is 36.8 Å². The fourth-order valence-corrected chi connectivity index (χ4v) is 7.51. The van der Waals surface area contributed by atoms with Gasteiger partial charge in [-0.1, -0.05) is 6.07 Å². The van der Waals surface area contributed by atoms with Gasteiger partial charge in [0.25, 0.3) is 6.43 Å². The molecule has 0 saturated carbocycles. The molecule has 10 nitrogen and oxygen atoms in total. The first-order chi connectivity index (χ1) is 21.3. The second-order valence-corrected chi connectivity index (χ2v) is 15.1. The summed E-state index contributed by atoms with van der Waals surface area (Å²) in [6, 6.07) is 6.80. The zero-order valence-corrected chi connectivity index (χ0v) is 27.4. The van der Waals surface area contributed by atoms with Crippen molar-refractivity contribution in [3.8, 4) is 0 Å². The Balaban J connectivity index is 1.50. The number of nitrogens with one attached hydrogen (secondary N) is 1. The number of pyridine rings is 1. The lowest BCUT2D eigenvalue weighted by Gasteiger charge is -2.25. The van der Waals surface area contributed by atoms with Crippen LogP contribution in [-0.2, 0) is 21.0 Å². The first-order valence-corrected chi connectivity index (χ1v) is 17.6. The molecule has 1 unspecified atom stereocenters. The van der Waals surface area contributed by atoms with Crippen LogP contribution in [-0.4, -0.2) is 62.1 Å². The van der Waals surface area contributed by atoms with Crippen molar-refractivity contribution < 1.29 is 21.9 Å². The van der Waals surface area contributed by atoms with E-state index in [2.05, 4.69) is 20.3 Å². The molecule has 0 amide bonds. The number of aromatic nitrogens is 5. The van der Waals surface area contributed by atoms with Gasteiger partial charge in [-0.05, 0) is 65.2 Å². The lowest BCUT2D eigenvalue weighted by molar-refractivity contribution is -0.0363. The van der Waals surface area contributed by atoms with E-state index in [9.17, 15) is 17.2 Å². The monoisotopic (exact) mass is 655 g/mol. The highest BCUT2D eigenvalue weighted by molar-refractivity contribution is 8.14. The summed E-state index contributed by atoms with van der Waals surface area (Å²) in [5.74, 6) is 0.340. The van der Waals surface area contributed by atoms with Gasteiger partial charge in [0.1, 0.15) is 11.7 Å². The number of fused-ring (bicyclic) bond motifs is 1. The van der Waals surface area contributed by atoms with Crippen molar-refractivity contribution in [3.05, 3.63) is 64.6 Å². The van der Waals surface area contributed by atoms with Crippen LogP contribution in [0.25, 0.3) is 11.2 Å². The van der Waals surface area contributed by atoms with Crippen molar-refractivity contribution in [1.29, 1.82) is 0 Å². The van der Waals surface area contributed by atoms with Crippen molar-refractivity contribution >= 4 is 49.2 Å². The van der Waals surface area contributed by atoms with E-state index in [4.69, 9.17) is 14.7 Å². The van der Waals surface area contributed by atoms with Gasteiger partial charge in [0.15, 0.2) is 21.3 Å². The summed E-state index contributed by atoms with van der Waals surface area (Å²) < 4.78 is 62.4. The number of imidazole rings is 1. The molecule has 6 rings (SSSR count). The maximum absolute atomic E-state index is 14.5. The predicted molar refractivity (Wildman–Crippen MR) is 172 cm³/mol. The topological polar surface area (TPSA) is 124 Å². The van der Waals surface area contributed by atoms with Crippen molar-refractivity contribution in [2.75, 3.05) is 23.9 Å². The normalized spacial score (nSPS) is 18.5. The molecule has 0 bridgehead atoms. The molecular weight excluding hydrogens is 621 g/mol. The number of halogens is 2. The van der Waals surface area contributed by atoms with Gasteiger partial charge in [0.2, 0.25) is 0 Å². The predicted octanol–water partition coefficient (Wildman–Crippen LogP) is 6.48. The van der Waals surface area contributed by atoms with Gasteiger partial charge in [-0.15, -0.1) is 11.8 Å². The van der Waals surface area contributed by atoms with Crippen LogP contribution in [0.3, 0.4) is 0 Å². The van der Waals surface area contributed by atoms with Gasteiger partial charge >= 0.3 is 0 Å². The van der Waals surface area contributed by atoms with Crippen LogP contribution in [0.1, 0.15) is 79.9 Å². The van der Waals surface area contributed by atoms with E-state index in [0.29, 0.717) is 35.7 Å². The molecule has 0 aliphatic carbocycles. The minimum atomic E-state index is -3.71. The first kappa shape index (κ1) is 31.5. The van der Waals surface area contributed by atoms with Crippen LogP contribution in [0.5, 0.6) is 0 Å². The maximum atomic E-state index is 14.5. The van der Waals surface area contributed by atoms with Crippen LogP contribution < -0.4 is 5.32 Å². The van der Waals surface area contributed by atoms with E-state index >= 15 is 0 Å². The average molecular weight is 656 g/mol. The summed E-state index contributed by atoms with van der Waals surface area (Å²) in [5, 5.41) is 3.99. The fraction of sp³-hybridized carbons (Fsp3) is 0.452. The second kappa shape index (κ2) is 12.0. The van der Waals surface area contributed by atoms with Crippen molar-refractivity contribution in [3.63, 3.8) is 0 Å². The van der Waals surface area contributed by atoms with Crippen molar-refractivity contribution in [2.45, 2.75) is 76.5 Å². The Morgan fingerprint density at radius 1 is 1.09 bits per heavy atom. The number of aryl methyl sites for hydroxylation is 2. The Kier molecular flexibility index (Phi) is 8.42. The molecule has 4 aromatic rings. The number of benzene rings is 1. The molecule has 1 fully saturated rings. The molecule has 45 heavy (non-hydrogen) atoms. The molecule has 0 spiro atoms. The highest BCUT2D eigenvalue weighted by Crippen LogP contribution is 2.38. The molecule has 2 aliphatic heterocycles. The highest BCUT2D eigenvalue weighted by Gasteiger charge is 2.30. The van der Waals surface area contributed by atoms with Gasteiger partial charge in [0.05, 0.1) is 49.6 Å². The molecule has 238 valence electrons. The van der Waals surface area contributed by atoms with Gasteiger partial charge < -0.3 is 10.1 Å². The Hall–Kier alpha value is -3.49. The summed E-state index contributed by atoms with van der Waals surface area (Å²) in [6.07, 6.45) is 1.75. The number of hydrogen-bond acceptors (Lipinski definition) is 10. The van der Waals surface area contributed by atoms with Crippen LogP contribution in [0.4, 0.5) is 20.2 Å². The zero-order valence-electron chi connectivity index (χ0n) is 25.8. The lowest BCUT2D eigenvalue weighted by atomic mass is 10.1. The molecule has 2 aliphatic rings. The number of thioether (sulfide) groups is 1. The lowest BCUT2D eigenvalue weighted by Crippen LogP contribution is -2.20. The molecule has 1 atom stereocenters. The SMILES string of the molecule is Cc1ncc(Cc2cc(Nc3ccc(C4=NC(C)(C)CS4)cc3S(C)(=O)=O)c3nc(C(F)F)n(C4CCCCO4)c3n2)nc1C. The van der Waals surface area contributed by atoms with Crippen LogP contribution in [0, 0.1) is 13.8 Å². The first-order valence-electron chi connectivity index (χ1n) is 14.7. The van der Waals surface area contributed by atoms with Crippen molar-refractivity contribution in [1.82, 2.24) is 24.5 Å². The van der Waals surface area contributed by atoms with E-state index in [1.54, 1.807) is 36.2 Å². The Morgan fingerprint density at radius 2 is 1.89 bits per heavy atom. The number of hydrogen-bond donors (Lipinski definition) is 1. The molecule has 0 radical (unpaired) electrons. The number of sulfone groups is 1. The molecular formula is C31H35F2N7O3S2. The third kappa shape index (κ3) is 6.59. The van der Waals surface area contributed by atoms with Gasteiger partial charge in [-0.3, -0.25) is 19.5 Å². The summed E-state index contributed by atoms with van der Waals surface area (Å²) >= 11 is 1.58. The summed E-state index contributed by atoms with van der Waals surface area (Å²) in [6.45, 7) is 8.24. The molecule has 14 heteroatoms. The quantitative estimate of drug-likeness (QED) is 0.227. The number of rotatable bonds is 8. The van der Waals surface area contributed by atoms with Crippen molar-refractivity contribution in [2.24, 2.45) is 4.99 Å². The molecule has 1 saturated heterocycles. The van der Waals surface area contributed by atoms with E-state index in [-0.39, 0.29) is 33.7 Å². The Morgan fingerprint density at radius 3 is 2.53 bits per heavy atom. The molecule has 5 heterocycles. The van der Waals surface area contributed by atoms with E-state index in [1.165, 1.54) is 4.57 Å². The fourth-order valence-electron chi connectivity index (χ4n) is 5.49. The third-order valence-electron chi connectivity index (χ3n) is 7.84. The molecule has 1 aromatic carbocycles. The number of nitrogens with zero attached hydrogens (tertiary/aromatic N) is 6. The zero-order chi connectivity index (χ0) is 32.1. The maximum Gasteiger partial charge on any atom is 0.295 e.